The Morgan fingerprint density at radius 3 is 2.53 bits per heavy atom. The number of methoxy groups -OCH3 is 1. The molecule has 1 aliphatic rings. The molecule has 2 aromatic carbocycles. The van der Waals surface area contributed by atoms with Crippen LogP contribution in [0.25, 0.3) is 0 Å². The third kappa shape index (κ3) is 5.82. The minimum absolute atomic E-state index is 0.0928. The maximum Gasteiger partial charge on any atom is 0.387 e. The molecule has 0 aromatic heterocycles. The van der Waals surface area contributed by atoms with Crippen molar-refractivity contribution < 1.29 is 23.0 Å². The summed E-state index contributed by atoms with van der Waals surface area (Å²) in [7, 11) is 1.34. The van der Waals surface area contributed by atoms with Gasteiger partial charge in [-0.3, -0.25) is 9.69 Å². The summed E-state index contributed by atoms with van der Waals surface area (Å²) in [6.07, 6.45) is 0. The number of hydrogen-bond donors (Lipinski definition) is 1. The smallest absolute Gasteiger partial charge is 0.387 e. The maximum atomic E-state index is 12.4. The summed E-state index contributed by atoms with van der Waals surface area (Å²) in [6.45, 7) is 4.13. The van der Waals surface area contributed by atoms with Crippen molar-refractivity contribution in [3.63, 3.8) is 0 Å². The fourth-order valence-electron chi connectivity index (χ4n) is 3.49. The van der Waals surface area contributed by atoms with Crippen LogP contribution in [0.1, 0.15) is 15.9 Å². The van der Waals surface area contributed by atoms with Gasteiger partial charge in [0.1, 0.15) is 0 Å². The predicted octanol–water partition coefficient (Wildman–Crippen LogP) is 3.16. The van der Waals surface area contributed by atoms with Crippen LogP contribution in [0.5, 0.6) is 11.5 Å². The van der Waals surface area contributed by atoms with E-state index in [9.17, 15) is 13.6 Å². The number of benzene rings is 2. The highest BCUT2D eigenvalue weighted by atomic mass is 19.3. The van der Waals surface area contributed by atoms with Gasteiger partial charge >= 0.3 is 6.61 Å². The number of anilines is 1. The van der Waals surface area contributed by atoms with Crippen LogP contribution in [0.2, 0.25) is 0 Å². The first-order chi connectivity index (χ1) is 14.5. The van der Waals surface area contributed by atoms with Gasteiger partial charge in [-0.1, -0.05) is 12.1 Å². The van der Waals surface area contributed by atoms with Gasteiger partial charge in [-0.25, -0.2) is 0 Å². The molecule has 3 rings (SSSR count). The van der Waals surface area contributed by atoms with E-state index in [0.29, 0.717) is 12.1 Å². The lowest BCUT2D eigenvalue weighted by Gasteiger charge is -2.36. The van der Waals surface area contributed by atoms with Crippen LogP contribution in [0.3, 0.4) is 0 Å². The number of aryl methyl sites for hydroxylation is 1. The molecule has 1 saturated heterocycles. The minimum Gasteiger partial charge on any atom is -0.493 e. The molecule has 0 unspecified atom stereocenters. The Labute approximate surface area is 175 Å². The number of ether oxygens (including phenoxy) is 2. The zero-order valence-electron chi connectivity index (χ0n) is 17.2. The van der Waals surface area contributed by atoms with Gasteiger partial charge in [0.15, 0.2) is 11.5 Å². The van der Waals surface area contributed by atoms with Crippen LogP contribution in [-0.2, 0) is 0 Å². The van der Waals surface area contributed by atoms with Gasteiger partial charge < -0.3 is 19.7 Å². The van der Waals surface area contributed by atoms with Gasteiger partial charge in [0.25, 0.3) is 5.91 Å². The van der Waals surface area contributed by atoms with E-state index in [1.165, 1.54) is 36.6 Å². The molecule has 0 saturated carbocycles. The second-order valence-corrected chi connectivity index (χ2v) is 7.17. The van der Waals surface area contributed by atoms with Crippen molar-refractivity contribution >= 4 is 11.6 Å². The number of halogens is 2. The van der Waals surface area contributed by atoms with Crippen molar-refractivity contribution in [2.24, 2.45) is 0 Å². The Morgan fingerprint density at radius 1 is 1.10 bits per heavy atom. The normalized spacial score (nSPS) is 14.6. The monoisotopic (exact) mass is 419 g/mol. The van der Waals surface area contributed by atoms with Crippen LogP contribution >= 0.6 is 0 Å². The SMILES string of the molecule is COc1cc(C(=O)NCCN2CCN(c3cccc(C)c3)CC2)ccc1OC(F)F. The third-order valence-electron chi connectivity index (χ3n) is 5.09. The van der Waals surface area contributed by atoms with Crippen LogP contribution in [0, 0.1) is 6.92 Å². The minimum atomic E-state index is -2.95. The van der Waals surface area contributed by atoms with Gasteiger partial charge in [-0.15, -0.1) is 0 Å². The van der Waals surface area contributed by atoms with Crippen molar-refractivity contribution in [3.8, 4) is 11.5 Å². The quantitative estimate of drug-likeness (QED) is 0.713. The second-order valence-electron chi connectivity index (χ2n) is 7.17. The molecule has 1 N–H and O–H groups in total. The summed E-state index contributed by atoms with van der Waals surface area (Å²) in [4.78, 5) is 17.1. The fourth-order valence-corrected chi connectivity index (χ4v) is 3.49. The zero-order valence-corrected chi connectivity index (χ0v) is 17.2. The average Bonchev–Trinajstić information content (AvgIpc) is 2.74. The number of piperazine rings is 1. The molecule has 1 amide bonds. The number of amides is 1. The number of alkyl halides is 2. The first kappa shape index (κ1) is 21.8. The lowest BCUT2D eigenvalue weighted by Crippen LogP contribution is -2.48. The van der Waals surface area contributed by atoms with Gasteiger partial charge in [-0.2, -0.15) is 8.78 Å². The van der Waals surface area contributed by atoms with Crippen molar-refractivity contribution in [1.82, 2.24) is 10.2 Å². The lowest BCUT2D eigenvalue weighted by atomic mass is 10.2. The van der Waals surface area contributed by atoms with Crippen LogP contribution < -0.4 is 19.7 Å². The molecule has 1 fully saturated rings. The highest BCUT2D eigenvalue weighted by Crippen LogP contribution is 2.29. The largest absolute Gasteiger partial charge is 0.493 e. The summed E-state index contributed by atoms with van der Waals surface area (Å²) in [5, 5.41) is 2.87. The Hall–Kier alpha value is -2.87. The van der Waals surface area contributed by atoms with Crippen LogP contribution in [-0.4, -0.2) is 63.8 Å². The summed E-state index contributed by atoms with van der Waals surface area (Å²) in [6, 6.07) is 12.6. The first-order valence-electron chi connectivity index (χ1n) is 9.91. The van der Waals surface area contributed by atoms with Gasteiger partial charge in [-0.05, 0) is 42.8 Å². The maximum absolute atomic E-state index is 12.4. The third-order valence-corrected chi connectivity index (χ3v) is 5.09. The van der Waals surface area contributed by atoms with E-state index in [2.05, 4.69) is 51.0 Å². The van der Waals surface area contributed by atoms with E-state index < -0.39 is 6.61 Å². The second kappa shape index (κ2) is 10.2. The van der Waals surface area contributed by atoms with Crippen molar-refractivity contribution in [1.29, 1.82) is 0 Å². The molecule has 0 spiro atoms. The van der Waals surface area contributed by atoms with E-state index in [0.717, 1.165) is 32.7 Å². The fraction of sp³-hybridized carbons (Fsp3) is 0.409. The average molecular weight is 419 g/mol. The predicted molar refractivity (Wildman–Crippen MR) is 112 cm³/mol. The van der Waals surface area contributed by atoms with E-state index in [4.69, 9.17) is 4.74 Å². The Bertz CT molecular complexity index is 855. The molecule has 1 heterocycles. The molecule has 0 bridgehead atoms. The standard InChI is InChI=1S/C22H27F2N3O3/c1-16-4-3-5-18(14-16)27-12-10-26(11-13-27)9-8-25-21(28)17-6-7-19(30-22(23)24)20(15-17)29-2/h3-7,14-15,22H,8-13H2,1-2H3,(H,25,28). The van der Waals surface area contributed by atoms with Gasteiger partial charge in [0.2, 0.25) is 0 Å². The number of nitrogens with zero attached hydrogens (tertiary/aromatic N) is 2. The number of carbonyl (C=O) groups excluding carboxylic acids is 1. The lowest BCUT2D eigenvalue weighted by molar-refractivity contribution is -0.0512. The van der Waals surface area contributed by atoms with E-state index in [-0.39, 0.29) is 17.4 Å². The molecule has 0 aliphatic carbocycles. The van der Waals surface area contributed by atoms with Crippen molar-refractivity contribution in [2.75, 3.05) is 51.3 Å². The topological polar surface area (TPSA) is 54.0 Å². The van der Waals surface area contributed by atoms with Crippen LogP contribution in [0.15, 0.2) is 42.5 Å². The molecule has 8 heteroatoms. The number of hydrogen-bond acceptors (Lipinski definition) is 5. The van der Waals surface area contributed by atoms with Gasteiger partial charge in [0.05, 0.1) is 7.11 Å². The van der Waals surface area contributed by atoms with Crippen molar-refractivity contribution in [2.45, 2.75) is 13.5 Å². The molecular formula is C22H27F2N3O3. The van der Waals surface area contributed by atoms with Crippen LogP contribution in [0.4, 0.5) is 14.5 Å². The number of nitrogens with one attached hydrogen (secondary N) is 1. The van der Waals surface area contributed by atoms with E-state index in [1.54, 1.807) is 0 Å². The molecule has 6 nitrogen and oxygen atoms in total. The molecule has 162 valence electrons. The Morgan fingerprint density at radius 2 is 1.87 bits per heavy atom. The summed E-state index contributed by atoms with van der Waals surface area (Å²) in [5.41, 5.74) is 2.83. The van der Waals surface area contributed by atoms with E-state index >= 15 is 0 Å². The summed E-state index contributed by atoms with van der Waals surface area (Å²) >= 11 is 0. The Kier molecular flexibility index (Phi) is 7.46. The molecular weight excluding hydrogens is 392 g/mol. The van der Waals surface area contributed by atoms with Crippen molar-refractivity contribution in [3.05, 3.63) is 53.6 Å². The van der Waals surface area contributed by atoms with Gasteiger partial charge in [0, 0.05) is 50.5 Å². The van der Waals surface area contributed by atoms with E-state index in [1.807, 2.05) is 0 Å². The first-order valence-corrected chi connectivity index (χ1v) is 9.91. The molecule has 0 radical (unpaired) electrons. The number of rotatable bonds is 8. The molecule has 0 atom stereocenters. The zero-order chi connectivity index (χ0) is 21.5. The molecule has 2 aromatic rings. The number of carbonyl (C=O) groups is 1. The summed E-state index contributed by atoms with van der Waals surface area (Å²) < 4.78 is 34.2. The highest BCUT2D eigenvalue weighted by molar-refractivity contribution is 5.94. The Balaban J connectivity index is 1.45. The molecule has 30 heavy (non-hydrogen) atoms. The molecule has 1 aliphatic heterocycles. The summed E-state index contributed by atoms with van der Waals surface area (Å²) in [5.74, 6) is -0.291. The highest BCUT2D eigenvalue weighted by Gasteiger charge is 2.18.